The fourth-order valence-corrected chi connectivity index (χ4v) is 7.25. The monoisotopic (exact) mass is 623 g/mol. The maximum atomic E-state index is 16.0. The third-order valence-electron chi connectivity index (χ3n) is 9.10. The molecule has 0 bridgehead atoms. The quantitative estimate of drug-likeness (QED) is 0.277. The molecule has 0 spiro atoms. The van der Waals surface area contributed by atoms with Gasteiger partial charge in [-0.1, -0.05) is 41.4 Å². The highest BCUT2D eigenvalue weighted by Gasteiger charge is 2.62. The maximum Gasteiger partial charge on any atom is 0.337 e. The molecule has 3 aliphatic rings. The first-order valence-corrected chi connectivity index (χ1v) is 14.9. The van der Waals surface area contributed by atoms with Crippen LogP contribution >= 0.6 is 23.2 Å². The fourth-order valence-electron chi connectivity index (χ4n) is 6.88. The van der Waals surface area contributed by atoms with Crippen LogP contribution in [-0.4, -0.2) is 61.4 Å². The number of nitrogens with zero attached hydrogens (tertiary/aromatic N) is 4. The zero-order valence-corrected chi connectivity index (χ0v) is 24.6. The fraction of sp³-hybridized carbons (Fsp3) is 0.355. The number of carboxylic acid groups (broad SMARTS) is 1. The first kappa shape index (κ1) is 28.1. The second-order valence-electron chi connectivity index (χ2n) is 11.8. The largest absolute Gasteiger partial charge is 0.478 e. The van der Waals surface area contributed by atoms with E-state index in [0.29, 0.717) is 45.6 Å². The van der Waals surface area contributed by atoms with Crippen LogP contribution in [0.4, 0.5) is 10.1 Å². The van der Waals surface area contributed by atoms with Gasteiger partial charge in [-0.15, -0.1) is 5.10 Å². The third kappa shape index (κ3) is 4.72. The zero-order chi connectivity index (χ0) is 30.0. The Morgan fingerprint density at radius 2 is 1.98 bits per heavy atom. The number of pyridine rings is 1. The minimum absolute atomic E-state index is 0.0203. The van der Waals surface area contributed by atoms with Crippen molar-refractivity contribution in [2.75, 3.05) is 18.5 Å². The summed E-state index contributed by atoms with van der Waals surface area (Å²) in [7, 11) is 0. The number of carboxylic acids is 1. The van der Waals surface area contributed by atoms with Gasteiger partial charge in [0.1, 0.15) is 18.0 Å². The van der Waals surface area contributed by atoms with Crippen LogP contribution in [0.25, 0.3) is 11.0 Å². The van der Waals surface area contributed by atoms with E-state index in [2.05, 4.69) is 20.3 Å². The van der Waals surface area contributed by atoms with Crippen LogP contribution in [0.2, 0.25) is 10.0 Å². The number of hydrogen-bond donors (Lipinski definition) is 2. The number of fused-ring (bicyclic) bond motifs is 4. The minimum Gasteiger partial charge on any atom is -0.478 e. The first-order valence-electron chi connectivity index (χ1n) is 14.2. The number of carbonyl (C=O) groups excluding carboxylic acids is 1. The van der Waals surface area contributed by atoms with Crippen LogP contribution in [0.5, 0.6) is 5.88 Å². The maximum absolute atomic E-state index is 16.0. The molecule has 12 heteroatoms. The molecule has 4 heterocycles. The van der Waals surface area contributed by atoms with Gasteiger partial charge in [-0.2, -0.15) is 0 Å². The number of nitrogens with one attached hydrogen (secondary N) is 1. The summed E-state index contributed by atoms with van der Waals surface area (Å²) in [6, 6.07) is 13.0. The van der Waals surface area contributed by atoms with Crippen molar-refractivity contribution in [3.05, 3.63) is 81.7 Å². The molecule has 7 rings (SSSR count). The molecule has 222 valence electrons. The van der Waals surface area contributed by atoms with Gasteiger partial charge in [0, 0.05) is 41.8 Å². The van der Waals surface area contributed by atoms with E-state index in [0.717, 1.165) is 12.8 Å². The predicted octanol–water partition coefficient (Wildman–Crippen LogP) is 5.86. The number of aromatic carboxylic acids is 1. The van der Waals surface area contributed by atoms with Crippen LogP contribution < -0.4 is 10.1 Å². The summed E-state index contributed by atoms with van der Waals surface area (Å²) in [5, 5.41) is 18.2. The highest BCUT2D eigenvalue weighted by atomic mass is 35.5. The summed E-state index contributed by atoms with van der Waals surface area (Å²) in [4.78, 5) is 32.5. The Morgan fingerprint density at radius 3 is 2.72 bits per heavy atom. The van der Waals surface area contributed by atoms with Gasteiger partial charge in [0.05, 0.1) is 22.0 Å². The number of anilines is 1. The van der Waals surface area contributed by atoms with Crippen LogP contribution in [0.15, 0.2) is 54.7 Å². The molecule has 0 unspecified atom stereocenters. The Balaban J connectivity index is 1.37. The number of carbonyl (C=O) groups is 2. The smallest absolute Gasteiger partial charge is 0.337 e. The molecule has 4 aromatic rings. The zero-order valence-electron chi connectivity index (χ0n) is 23.1. The van der Waals surface area contributed by atoms with Gasteiger partial charge in [0.2, 0.25) is 11.8 Å². The predicted molar refractivity (Wildman–Crippen MR) is 159 cm³/mol. The van der Waals surface area contributed by atoms with Crippen molar-refractivity contribution in [3.63, 3.8) is 0 Å². The Bertz CT molecular complexity index is 1780. The second kappa shape index (κ2) is 10.5. The number of hydrogen-bond acceptors (Lipinski definition) is 6. The molecule has 43 heavy (non-hydrogen) atoms. The number of halogens is 3. The van der Waals surface area contributed by atoms with Crippen LogP contribution in [-0.2, 0) is 11.3 Å². The third-order valence-corrected chi connectivity index (χ3v) is 9.63. The summed E-state index contributed by atoms with van der Waals surface area (Å²) in [6.07, 6.45) is 3.36. The van der Waals surface area contributed by atoms with E-state index in [9.17, 15) is 14.7 Å². The van der Waals surface area contributed by atoms with E-state index in [1.807, 2.05) is 6.92 Å². The van der Waals surface area contributed by atoms with E-state index in [4.69, 9.17) is 27.9 Å². The lowest BCUT2D eigenvalue weighted by Gasteiger charge is -2.40. The van der Waals surface area contributed by atoms with Crippen molar-refractivity contribution in [3.8, 4) is 5.88 Å². The van der Waals surface area contributed by atoms with Crippen molar-refractivity contribution in [1.29, 1.82) is 0 Å². The lowest BCUT2D eigenvalue weighted by molar-refractivity contribution is -0.127. The van der Waals surface area contributed by atoms with Gasteiger partial charge in [0.15, 0.2) is 5.65 Å². The molecule has 2 fully saturated rings. The van der Waals surface area contributed by atoms with E-state index >= 15 is 4.39 Å². The number of ether oxygens (including phenoxy) is 1. The standard InChI is InChI=1S/C31H28Cl2FN5O4/c1-31(30(42)36-19-5-2-4-18(32)11-19)25(20-6-3-7-23(33)26(20)34)22-14-39-28(43-15-24(22)38(31)13-16-8-9-16)21-10-17(29(40)41)12-35-27(21)37-39/h2-7,10-12,16,22,24-25H,8-9,13-15H2,1H3,(H,36,42)(H,40,41)/t22-,24+,25+,31-/m1/s1. The lowest BCUT2D eigenvalue weighted by Crippen LogP contribution is -2.57. The summed E-state index contributed by atoms with van der Waals surface area (Å²) in [5.41, 5.74) is 0.0539. The number of amides is 1. The minimum atomic E-state index is -1.20. The van der Waals surface area contributed by atoms with Crippen LogP contribution in [0.3, 0.4) is 0 Å². The van der Waals surface area contributed by atoms with Gasteiger partial charge in [-0.25, -0.2) is 18.9 Å². The summed E-state index contributed by atoms with van der Waals surface area (Å²) in [6.45, 7) is 2.98. The van der Waals surface area contributed by atoms with Gasteiger partial charge in [-0.3, -0.25) is 9.69 Å². The van der Waals surface area contributed by atoms with Crippen molar-refractivity contribution < 1.29 is 23.8 Å². The molecule has 1 saturated heterocycles. The molecule has 1 aliphatic carbocycles. The first-order chi connectivity index (χ1) is 20.6. The average molecular weight is 624 g/mol. The van der Waals surface area contributed by atoms with Gasteiger partial charge in [-0.05, 0) is 61.6 Å². The molecular formula is C31H28Cl2FN5O4. The molecule has 2 aromatic heterocycles. The van der Waals surface area contributed by atoms with Crippen LogP contribution in [0, 0.1) is 17.7 Å². The Kier molecular flexibility index (Phi) is 6.83. The van der Waals surface area contributed by atoms with Gasteiger partial charge in [0.25, 0.3) is 0 Å². The Labute approximate surface area is 256 Å². The molecule has 9 nitrogen and oxygen atoms in total. The number of likely N-dealkylation sites (tertiary alicyclic amines) is 1. The highest BCUT2D eigenvalue weighted by Crippen LogP contribution is 2.54. The van der Waals surface area contributed by atoms with Crippen molar-refractivity contribution in [2.45, 2.75) is 43.8 Å². The van der Waals surface area contributed by atoms with E-state index in [1.165, 1.54) is 18.3 Å². The molecule has 1 saturated carbocycles. The van der Waals surface area contributed by atoms with Crippen molar-refractivity contribution in [2.24, 2.45) is 11.8 Å². The SMILES string of the molecule is C[C@]1(C(=O)Nc2cccc(Cl)c2)[C@@H](c2cccc(Cl)c2F)[C@@H]2Cn3nc4ncc(C(=O)O)cc4c3OC[C@@H]2N1CC1CC1. The molecule has 4 atom stereocenters. The molecule has 2 N–H and O–H groups in total. The highest BCUT2D eigenvalue weighted by molar-refractivity contribution is 6.31. The average Bonchev–Trinajstić information content (AvgIpc) is 3.72. The summed E-state index contributed by atoms with van der Waals surface area (Å²) < 4.78 is 24.0. The van der Waals surface area contributed by atoms with Crippen molar-refractivity contribution >= 4 is 51.8 Å². The van der Waals surface area contributed by atoms with Gasteiger partial charge < -0.3 is 15.2 Å². The summed E-state index contributed by atoms with van der Waals surface area (Å²) in [5.74, 6) is -2.10. The number of aromatic nitrogens is 3. The van der Waals surface area contributed by atoms with Crippen LogP contribution in [0.1, 0.15) is 41.6 Å². The molecule has 2 aromatic carbocycles. The molecule has 1 amide bonds. The van der Waals surface area contributed by atoms with Gasteiger partial charge >= 0.3 is 5.97 Å². The molecule has 2 aliphatic heterocycles. The summed E-state index contributed by atoms with van der Waals surface area (Å²) >= 11 is 12.6. The second-order valence-corrected chi connectivity index (χ2v) is 12.6. The molecular weight excluding hydrogens is 596 g/mol. The number of benzene rings is 2. The van der Waals surface area contributed by atoms with E-state index in [1.54, 1.807) is 41.1 Å². The van der Waals surface area contributed by atoms with E-state index < -0.39 is 23.2 Å². The normalized spacial score (nSPS) is 25.1. The Morgan fingerprint density at radius 1 is 1.19 bits per heavy atom. The molecule has 0 radical (unpaired) electrons. The van der Waals surface area contributed by atoms with E-state index in [-0.39, 0.29) is 41.6 Å². The lowest BCUT2D eigenvalue weighted by atomic mass is 9.74. The topological polar surface area (TPSA) is 110 Å². The number of rotatable bonds is 6. The Hall–Kier alpha value is -3.73. The van der Waals surface area contributed by atoms with Crippen molar-refractivity contribution in [1.82, 2.24) is 19.7 Å².